The molecule has 0 N–H and O–H groups in total. The molecule has 0 bridgehead atoms. The van der Waals surface area contributed by atoms with E-state index in [-0.39, 0.29) is 0 Å². The maximum Gasteiger partial charge on any atom is 0.143 e. The highest BCUT2D eigenvalue weighted by atomic mass is 16.3. The van der Waals surface area contributed by atoms with E-state index < -0.39 is 0 Å². The second-order valence-electron chi connectivity index (χ2n) is 12.5. The summed E-state index contributed by atoms with van der Waals surface area (Å²) in [6.45, 7) is 0.719. The highest BCUT2D eigenvalue weighted by Gasteiger charge is 2.20. The number of fused-ring (bicyclic) bond motifs is 6. The third kappa shape index (κ3) is 4.87. The molecule has 7 aromatic rings. The molecule has 47 heavy (non-hydrogen) atoms. The van der Waals surface area contributed by atoms with Crippen molar-refractivity contribution in [3.63, 3.8) is 0 Å². The second-order valence-corrected chi connectivity index (χ2v) is 12.5. The Morgan fingerprint density at radius 2 is 1.51 bits per heavy atom. The SMILES string of the molecule is C1=CC(C/N=C/c2ccccc2-c2ccc3c(c2)c2c(n3-c3cccc(-c4cccc5c4oc4ccccc45)c3)C=CCC2)=CCC1. The molecule has 0 aliphatic heterocycles. The van der Waals surface area contributed by atoms with Crippen molar-refractivity contribution >= 4 is 45.1 Å². The maximum absolute atomic E-state index is 6.42. The number of allylic oxidation sites excluding steroid dienone is 3. The van der Waals surface area contributed by atoms with E-state index >= 15 is 0 Å². The Morgan fingerprint density at radius 3 is 2.47 bits per heavy atom. The lowest BCUT2D eigenvalue weighted by molar-refractivity contribution is 0.670. The van der Waals surface area contributed by atoms with Crippen molar-refractivity contribution in [3.05, 3.63) is 156 Å². The van der Waals surface area contributed by atoms with E-state index in [1.165, 1.54) is 38.9 Å². The van der Waals surface area contributed by atoms with Gasteiger partial charge in [-0.2, -0.15) is 0 Å². The largest absolute Gasteiger partial charge is 0.455 e. The zero-order chi connectivity index (χ0) is 31.2. The Labute approximate surface area is 274 Å². The molecule has 2 heterocycles. The maximum atomic E-state index is 6.42. The van der Waals surface area contributed by atoms with Crippen molar-refractivity contribution in [1.29, 1.82) is 0 Å². The van der Waals surface area contributed by atoms with E-state index in [9.17, 15) is 0 Å². The molecule has 3 nitrogen and oxygen atoms in total. The summed E-state index contributed by atoms with van der Waals surface area (Å²) in [7, 11) is 0. The Kier molecular flexibility index (Phi) is 6.82. The number of furan rings is 1. The fraction of sp³-hybridized carbons (Fsp3) is 0.114. The molecule has 2 aliphatic carbocycles. The summed E-state index contributed by atoms with van der Waals surface area (Å²) in [6, 6.07) is 39.2. The number of hydrogen-bond acceptors (Lipinski definition) is 2. The van der Waals surface area contributed by atoms with E-state index in [4.69, 9.17) is 9.41 Å². The molecule has 9 rings (SSSR count). The van der Waals surface area contributed by atoms with Crippen LogP contribution in [0.4, 0.5) is 0 Å². The third-order valence-electron chi connectivity index (χ3n) is 9.62. The number of nitrogens with zero attached hydrogens (tertiary/aromatic N) is 2. The van der Waals surface area contributed by atoms with Crippen LogP contribution >= 0.6 is 0 Å². The van der Waals surface area contributed by atoms with Crippen molar-refractivity contribution in [2.45, 2.75) is 25.7 Å². The van der Waals surface area contributed by atoms with Crippen molar-refractivity contribution in [2.75, 3.05) is 6.54 Å². The molecule has 226 valence electrons. The Balaban J connectivity index is 1.14. The van der Waals surface area contributed by atoms with Crippen LogP contribution in [-0.4, -0.2) is 17.3 Å². The molecule has 0 atom stereocenters. The summed E-state index contributed by atoms with van der Waals surface area (Å²) in [6.07, 6.45) is 17.7. The molecule has 2 aromatic heterocycles. The van der Waals surface area contributed by atoms with Gasteiger partial charge < -0.3 is 8.98 Å². The highest BCUT2D eigenvalue weighted by Crippen LogP contribution is 2.39. The van der Waals surface area contributed by atoms with E-state index in [0.717, 1.165) is 76.5 Å². The number of para-hydroxylation sites is 2. The lowest BCUT2D eigenvalue weighted by Crippen LogP contribution is -2.00. The second kappa shape index (κ2) is 11.6. The van der Waals surface area contributed by atoms with Crippen molar-refractivity contribution in [1.82, 2.24) is 4.57 Å². The minimum Gasteiger partial charge on any atom is -0.455 e. The number of aromatic nitrogens is 1. The van der Waals surface area contributed by atoms with Crippen LogP contribution in [0.1, 0.15) is 36.1 Å². The number of aliphatic imine (C=N–C) groups is 1. The molecule has 0 saturated heterocycles. The van der Waals surface area contributed by atoms with E-state index in [1.54, 1.807) is 0 Å². The van der Waals surface area contributed by atoms with E-state index in [2.05, 4.69) is 132 Å². The molecule has 0 unspecified atom stereocenters. The summed E-state index contributed by atoms with van der Waals surface area (Å²) in [5.41, 5.74) is 14.0. The van der Waals surface area contributed by atoms with Crippen LogP contribution in [0.5, 0.6) is 0 Å². The van der Waals surface area contributed by atoms with Crippen LogP contribution in [0.15, 0.2) is 148 Å². The molecule has 0 radical (unpaired) electrons. The van der Waals surface area contributed by atoms with Crippen LogP contribution in [0.3, 0.4) is 0 Å². The van der Waals surface area contributed by atoms with Gasteiger partial charge in [-0.1, -0.05) is 103 Å². The zero-order valence-corrected chi connectivity index (χ0v) is 26.2. The van der Waals surface area contributed by atoms with Crippen LogP contribution in [0, 0.1) is 0 Å². The number of benzene rings is 5. The van der Waals surface area contributed by atoms with Gasteiger partial charge in [-0.05, 0) is 89.9 Å². The fourth-order valence-corrected chi connectivity index (χ4v) is 7.38. The minimum absolute atomic E-state index is 0.719. The van der Waals surface area contributed by atoms with Crippen LogP contribution < -0.4 is 0 Å². The topological polar surface area (TPSA) is 30.4 Å². The van der Waals surface area contributed by atoms with Crippen LogP contribution in [0.2, 0.25) is 0 Å². The summed E-state index contributed by atoms with van der Waals surface area (Å²) in [4.78, 5) is 4.83. The number of rotatable bonds is 6. The number of aryl methyl sites for hydroxylation is 1. The van der Waals surface area contributed by atoms with Gasteiger partial charge in [0.25, 0.3) is 0 Å². The highest BCUT2D eigenvalue weighted by molar-refractivity contribution is 6.09. The average molecular weight is 607 g/mol. The Hall–Kier alpha value is -5.67. The minimum atomic E-state index is 0.719. The Morgan fingerprint density at radius 1 is 0.681 bits per heavy atom. The van der Waals surface area contributed by atoms with Gasteiger partial charge in [-0.3, -0.25) is 4.99 Å². The molecule has 5 aromatic carbocycles. The first-order chi connectivity index (χ1) is 23.3. The predicted octanol–water partition coefficient (Wildman–Crippen LogP) is 11.5. The van der Waals surface area contributed by atoms with Gasteiger partial charge in [-0.25, -0.2) is 0 Å². The van der Waals surface area contributed by atoms with E-state index in [0.29, 0.717) is 0 Å². The monoisotopic (exact) mass is 606 g/mol. The van der Waals surface area contributed by atoms with Gasteiger partial charge in [0.05, 0.1) is 12.1 Å². The van der Waals surface area contributed by atoms with Gasteiger partial charge in [0.1, 0.15) is 11.2 Å². The zero-order valence-electron chi connectivity index (χ0n) is 26.2. The molecule has 3 heteroatoms. The van der Waals surface area contributed by atoms with Gasteiger partial charge in [-0.15, -0.1) is 0 Å². The molecule has 0 amide bonds. The number of hydrogen-bond donors (Lipinski definition) is 0. The summed E-state index contributed by atoms with van der Waals surface area (Å²) in [5, 5.41) is 3.62. The standard InChI is InChI=1S/C44H34N2O/c1-2-12-30(13-3-1)28-45-29-33-14-4-5-17-35(33)32-24-25-42-40(27-32)37-18-6-8-22-41(37)46(42)34-16-10-15-31(26-34)36-20-11-21-39-38-19-7-9-23-43(38)47-44(36)39/h2,4-5,7-17,19-27,29H,1,3,6,18,28H2/b45-29+. The Bertz CT molecular complexity index is 2440. The lowest BCUT2D eigenvalue weighted by Gasteiger charge is -2.13. The van der Waals surface area contributed by atoms with Gasteiger partial charge in [0.2, 0.25) is 0 Å². The van der Waals surface area contributed by atoms with Gasteiger partial charge >= 0.3 is 0 Å². The van der Waals surface area contributed by atoms with Gasteiger partial charge in [0, 0.05) is 44.9 Å². The van der Waals surface area contributed by atoms with Crippen molar-refractivity contribution < 1.29 is 4.42 Å². The first kappa shape index (κ1) is 27.6. The van der Waals surface area contributed by atoms with Crippen LogP contribution in [-0.2, 0) is 6.42 Å². The summed E-state index contributed by atoms with van der Waals surface area (Å²) >= 11 is 0. The first-order valence-corrected chi connectivity index (χ1v) is 16.6. The van der Waals surface area contributed by atoms with E-state index in [1.807, 2.05) is 18.3 Å². The molecule has 0 spiro atoms. The fourth-order valence-electron chi connectivity index (χ4n) is 7.38. The summed E-state index contributed by atoms with van der Waals surface area (Å²) < 4.78 is 8.85. The normalized spacial score (nSPS) is 14.4. The molecular weight excluding hydrogens is 572 g/mol. The van der Waals surface area contributed by atoms with Crippen molar-refractivity contribution in [2.24, 2.45) is 4.99 Å². The predicted molar refractivity (Wildman–Crippen MR) is 198 cm³/mol. The van der Waals surface area contributed by atoms with Crippen LogP contribution in [0.25, 0.3) is 66.9 Å². The quantitative estimate of drug-likeness (QED) is 0.173. The lowest BCUT2D eigenvalue weighted by atomic mass is 9.96. The smallest absolute Gasteiger partial charge is 0.143 e. The molecular formula is C44H34N2O. The molecule has 2 aliphatic rings. The molecule has 0 fully saturated rings. The van der Waals surface area contributed by atoms with Crippen molar-refractivity contribution in [3.8, 4) is 27.9 Å². The average Bonchev–Trinajstić information content (AvgIpc) is 3.68. The first-order valence-electron chi connectivity index (χ1n) is 16.6. The third-order valence-corrected chi connectivity index (χ3v) is 9.62. The summed E-state index contributed by atoms with van der Waals surface area (Å²) in [5.74, 6) is 0. The van der Waals surface area contributed by atoms with Gasteiger partial charge in [0.15, 0.2) is 0 Å². The molecule has 0 saturated carbocycles.